The standard InChI is InChI=1S/C13H17ClN4O2/c14-12-9(6-19)13(16-7-15-12)18-4-3-10-8(5-18)1-2-11(20)17-10/h7-8,10,19H,1-6H2,(H,17,20). The first-order valence-corrected chi connectivity index (χ1v) is 7.21. The lowest BCUT2D eigenvalue weighted by Crippen LogP contribution is -2.54. The summed E-state index contributed by atoms with van der Waals surface area (Å²) in [5.74, 6) is 1.30. The van der Waals surface area contributed by atoms with Gasteiger partial charge in [0, 0.05) is 25.6 Å². The van der Waals surface area contributed by atoms with E-state index in [4.69, 9.17) is 11.6 Å². The number of halogens is 1. The van der Waals surface area contributed by atoms with Gasteiger partial charge in [0.05, 0.1) is 12.2 Å². The first kappa shape index (κ1) is 13.6. The Balaban J connectivity index is 1.80. The molecule has 2 fully saturated rings. The molecular formula is C13H17ClN4O2. The van der Waals surface area contributed by atoms with Crippen LogP contribution in [0.15, 0.2) is 6.33 Å². The molecule has 2 N–H and O–H groups in total. The molecule has 0 spiro atoms. The van der Waals surface area contributed by atoms with Crippen LogP contribution in [0.2, 0.25) is 5.15 Å². The number of fused-ring (bicyclic) bond motifs is 1. The quantitative estimate of drug-likeness (QED) is 0.787. The number of aliphatic hydroxyl groups excluding tert-OH is 1. The molecule has 2 unspecified atom stereocenters. The van der Waals surface area contributed by atoms with Gasteiger partial charge in [0.1, 0.15) is 17.3 Å². The van der Waals surface area contributed by atoms with Crippen LogP contribution >= 0.6 is 11.6 Å². The third-order valence-electron chi connectivity index (χ3n) is 4.15. The van der Waals surface area contributed by atoms with Crippen LogP contribution in [0.4, 0.5) is 5.82 Å². The molecule has 1 aromatic rings. The number of hydrogen-bond donors (Lipinski definition) is 2. The third-order valence-corrected chi connectivity index (χ3v) is 4.48. The van der Waals surface area contributed by atoms with E-state index in [0.29, 0.717) is 28.9 Å². The highest BCUT2D eigenvalue weighted by molar-refractivity contribution is 6.30. The Morgan fingerprint density at radius 1 is 1.45 bits per heavy atom. The van der Waals surface area contributed by atoms with E-state index in [-0.39, 0.29) is 18.6 Å². The molecule has 3 rings (SSSR count). The summed E-state index contributed by atoms with van der Waals surface area (Å²) in [7, 11) is 0. The predicted molar refractivity (Wildman–Crippen MR) is 74.4 cm³/mol. The van der Waals surface area contributed by atoms with Crippen molar-refractivity contribution in [1.82, 2.24) is 15.3 Å². The maximum Gasteiger partial charge on any atom is 0.220 e. The van der Waals surface area contributed by atoms with Crippen LogP contribution in [0.25, 0.3) is 0 Å². The second-order valence-electron chi connectivity index (χ2n) is 5.33. The largest absolute Gasteiger partial charge is 0.391 e. The monoisotopic (exact) mass is 296 g/mol. The summed E-state index contributed by atoms with van der Waals surface area (Å²) in [6.07, 6.45) is 3.81. The number of hydrogen-bond acceptors (Lipinski definition) is 5. The van der Waals surface area contributed by atoms with Gasteiger partial charge in [-0.05, 0) is 18.8 Å². The molecule has 1 amide bonds. The van der Waals surface area contributed by atoms with Crippen LogP contribution < -0.4 is 10.2 Å². The highest BCUT2D eigenvalue weighted by Gasteiger charge is 2.34. The maximum absolute atomic E-state index is 11.4. The second-order valence-corrected chi connectivity index (χ2v) is 5.69. The minimum atomic E-state index is -0.170. The average molecular weight is 297 g/mol. The molecule has 0 aromatic carbocycles. The summed E-state index contributed by atoms with van der Waals surface area (Å²) in [5, 5.41) is 12.8. The number of carbonyl (C=O) groups excluding carboxylic acids is 1. The zero-order valence-corrected chi connectivity index (χ0v) is 11.8. The van der Waals surface area contributed by atoms with E-state index in [9.17, 15) is 9.90 Å². The molecule has 20 heavy (non-hydrogen) atoms. The van der Waals surface area contributed by atoms with Crippen molar-refractivity contribution in [2.24, 2.45) is 5.92 Å². The van der Waals surface area contributed by atoms with Gasteiger partial charge in [-0.15, -0.1) is 0 Å². The Labute approximate surface area is 122 Å². The van der Waals surface area contributed by atoms with Gasteiger partial charge in [0.15, 0.2) is 0 Å². The summed E-state index contributed by atoms with van der Waals surface area (Å²) in [6, 6.07) is 0.266. The fourth-order valence-corrected chi connectivity index (χ4v) is 3.28. The Morgan fingerprint density at radius 2 is 2.30 bits per heavy atom. The van der Waals surface area contributed by atoms with Crippen molar-refractivity contribution in [2.45, 2.75) is 31.9 Å². The van der Waals surface area contributed by atoms with Crippen molar-refractivity contribution in [1.29, 1.82) is 0 Å². The molecule has 7 heteroatoms. The summed E-state index contributed by atoms with van der Waals surface area (Å²) in [4.78, 5) is 21.7. The van der Waals surface area contributed by atoms with Crippen LogP contribution in [0.5, 0.6) is 0 Å². The van der Waals surface area contributed by atoms with E-state index in [1.165, 1.54) is 6.33 Å². The number of carbonyl (C=O) groups is 1. The van der Waals surface area contributed by atoms with Crippen LogP contribution in [0, 0.1) is 5.92 Å². The van der Waals surface area contributed by atoms with E-state index in [2.05, 4.69) is 20.2 Å². The molecule has 0 bridgehead atoms. The molecule has 108 valence electrons. The van der Waals surface area contributed by atoms with Crippen molar-refractivity contribution in [3.8, 4) is 0 Å². The number of nitrogens with zero attached hydrogens (tertiary/aromatic N) is 3. The molecule has 6 nitrogen and oxygen atoms in total. The first-order valence-electron chi connectivity index (χ1n) is 6.83. The van der Waals surface area contributed by atoms with Crippen LogP contribution in [-0.2, 0) is 11.4 Å². The summed E-state index contributed by atoms with van der Waals surface area (Å²) < 4.78 is 0. The molecule has 2 aliphatic heterocycles. The van der Waals surface area contributed by atoms with Crippen LogP contribution in [0.1, 0.15) is 24.8 Å². The molecule has 0 aliphatic carbocycles. The molecular weight excluding hydrogens is 280 g/mol. The van der Waals surface area contributed by atoms with E-state index < -0.39 is 0 Å². The summed E-state index contributed by atoms with van der Waals surface area (Å²) in [6.45, 7) is 1.45. The molecule has 3 heterocycles. The molecule has 2 atom stereocenters. The highest BCUT2D eigenvalue weighted by Crippen LogP contribution is 2.30. The van der Waals surface area contributed by atoms with Gasteiger partial charge in [-0.25, -0.2) is 9.97 Å². The van der Waals surface area contributed by atoms with Gasteiger partial charge in [0.25, 0.3) is 0 Å². The number of rotatable bonds is 2. The fourth-order valence-electron chi connectivity index (χ4n) is 3.09. The van der Waals surface area contributed by atoms with Gasteiger partial charge in [0.2, 0.25) is 5.91 Å². The van der Waals surface area contributed by atoms with Crippen molar-refractivity contribution >= 4 is 23.3 Å². The Morgan fingerprint density at radius 3 is 3.10 bits per heavy atom. The number of amides is 1. The van der Waals surface area contributed by atoms with Gasteiger partial charge in [-0.1, -0.05) is 11.6 Å². The lowest BCUT2D eigenvalue weighted by atomic mass is 9.85. The fraction of sp³-hybridized carbons (Fsp3) is 0.615. The lowest BCUT2D eigenvalue weighted by Gasteiger charge is -2.42. The van der Waals surface area contributed by atoms with E-state index in [0.717, 1.165) is 25.9 Å². The molecule has 0 saturated carbocycles. The second kappa shape index (κ2) is 5.54. The normalized spacial score (nSPS) is 26.1. The minimum absolute atomic E-state index is 0.154. The number of aliphatic hydroxyl groups is 1. The minimum Gasteiger partial charge on any atom is -0.391 e. The van der Waals surface area contributed by atoms with Crippen LogP contribution in [0.3, 0.4) is 0 Å². The molecule has 2 saturated heterocycles. The number of nitrogens with one attached hydrogen (secondary N) is 1. The van der Waals surface area contributed by atoms with Gasteiger partial charge in [-0.3, -0.25) is 4.79 Å². The maximum atomic E-state index is 11.4. The van der Waals surface area contributed by atoms with Crippen molar-refractivity contribution in [3.05, 3.63) is 17.0 Å². The molecule has 2 aliphatic rings. The highest BCUT2D eigenvalue weighted by atomic mass is 35.5. The smallest absolute Gasteiger partial charge is 0.220 e. The third kappa shape index (κ3) is 2.45. The van der Waals surface area contributed by atoms with E-state index in [1.807, 2.05) is 0 Å². The molecule has 0 radical (unpaired) electrons. The summed E-state index contributed by atoms with van der Waals surface area (Å²) >= 11 is 6.01. The van der Waals surface area contributed by atoms with Gasteiger partial charge >= 0.3 is 0 Å². The number of aromatic nitrogens is 2. The number of piperidine rings is 2. The Hall–Kier alpha value is -1.40. The Bertz CT molecular complexity index is 525. The van der Waals surface area contributed by atoms with Gasteiger partial charge < -0.3 is 15.3 Å². The van der Waals surface area contributed by atoms with Crippen molar-refractivity contribution in [3.63, 3.8) is 0 Å². The lowest BCUT2D eigenvalue weighted by molar-refractivity contribution is -0.124. The topological polar surface area (TPSA) is 78.4 Å². The molecule has 1 aromatic heterocycles. The van der Waals surface area contributed by atoms with Crippen molar-refractivity contribution < 1.29 is 9.90 Å². The zero-order valence-electron chi connectivity index (χ0n) is 11.0. The van der Waals surface area contributed by atoms with E-state index >= 15 is 0 Å². The predicted octanol–water partition coefficient (Wildman–Crippen LogP) is 0.727. The number of anilines is 1. The SMILES string of the molecule is O=C1CCC2CN(c3ncnc(Cl)c3CO)CCC2N1. The average Bonchev–Trinajstić information content (AvgIpc) is 2.46. The zero-order chi connectivity index (χ0) is 14.1. The summed E-state index contributed by atoms with van der Waals surface area (Å²) in [5.41, 5.74) is 0.576. The van der Waals surface area contributed by atoms with Crippen molar-refractivity contribution in [2.75, 3.05) is 18.0 Å². The van der Waals surface area contributed by atoms with Gasteiger partial charge in [-0.2, -0.15) is 0 Å². The van der Waals surface area contributed by atoms with E-state index in [1.54, 1.807) is 0 Å². The first-order chi connectivity index (χ1) is 9.69. The Kier molecular flexibility index (Phi) is 3.76. The van der Waals surface area contributed by atoms with Crippen LogP contribution in [-0.4, -0.2) is 40.1 Å².